The Balaban J connectivity index is 0.00000324. The van der Waals surface area contributed by atoms with E-state index in [1.807, 2.05) is 0 Å². The average Bonchev–Trinajstić information content (AvgIpc) is 2.25. The van der Waals surface area contributed by atoms with Crippen molar-refractivity contribution < 1.29 is 9.72 Å². The van der Waals surface area contributed by atoms with E-state index >= 15 is 0 Å². The Kier molecular flexibility index (Phi) is 5.92. The van der Waals surface area contributed by atoms with Gasteiger partial charge in [0.1, 0.15) is 0 Å². The summed E-state index contributed by atoms with van der Waals surface area (Å²) in [7, 11) is 0. The van der Waals surface area contributed by atoms with Crippen molar-refractivity contribution in [1.29, 1.82) is 0 Å². The van der Waals surface area contributed by atoms with E-state index in [-0.39, 0.29) is 29.6 Å². The second-order valence-electron chi connectivity index (χ2n) is 4.93. The molecule has 0 aliphatic carbocycles. The summed E-state index contributed by atoms with van der Waals surface area (Å²) in [6, 6.07) is 4.38. The molecule has 1 aromatic rings. The normalized spacial score (nSPS) is 10.5. The lowest BCUT2D eigenvalue weighted by atomic mass is 10.1. The van der Waals surface area contributed by atoms with Crippen molar-refractivity contribution in [2.45, 2.75) is 26.3 Å². The number of nitrogens with one attached hydrogen (secondary N) is 1. The smallest absolute Gasteiger partial charge is 0.273 e. The SMILES string of the molecule is Cc1ccc(C(=O)NCC(C)(C)N)cc1[N+](=O)[O-].Cl. The fourth-order valence-corrected chi connectivity index (χ4v) is 1.36. The van der Waals surface area contributed by atoms with Gasteiger partial charge in [-0.05, 0) is 26.8 Å². The van der Waals surface area contributed by atoms with Crippen LogP contribution in [0.1, 0.15) is 29.8 Å². The van der Waals surface area contributed by atoms with Crippen molar-refractivity contribution in [1.82, 2.24) is 5.32 Å². The van der Waals surface area contributed by atoms with Crippen LogP contribution in [0, 0.1) is 17.0 Å². The molecule has 0 aromatic heterocycles. The number of nitro benzene ring substituents is 1. The molecule has 7 heteroatoms. The third-order valence-electron chi connectivity index (χ3n) is 2.37. The highest BCUT2D eigenvalue weighted by Gasteiger charge is 2.17. The predicted molar refractivity (Wildman–Crippen MR) is 75.7 cm³/mol. The van der Waals surface area contributed by atoms with Gasteiger partial charge in [-0.15, -0.1) is 12.4 Å². The minimum Gasteiger partial charge on any atom is -0.350 e. The lowest BCUT2D eigenvalue weighted by Crippen LogP contribution is -2.45. The van der Waals surface area contributed by atoms with E-state index in [2.05, 4.69) is 5.32 Å². The Morgan fingerprint density at radius 2 is 2.05 bits per heavy atom. The largest absolute Gasteiger partial charge is 0.350 e. The summed E-state index contributed by atoms with van der Waals surface area (Å²) in [5.74, 6) is -0.364. The number of nitro groups is 1. The zero-order valence-electron chi connectivity index (χ0n) is 11.1. The van der Waals surface area contributed by atoms with Crippen molar-refractivity contribution in [2.75, 3.05) is 6.54 Å². The molecule has 106 valence electrons. The van der Waals surface area contributed by atoms with Gasteiger partial charge in [0.15, 0.2) is 0 Å². The molecular weight excluding hydrogens is 270 g/mol. The first-order chi connectivity index (χ1) is 8.20. The van der Waals surface area contributed by atoms with Crippen LogP contribution in [-0.4, -0.2) is 22.9 Å². The monoisotopic (exact) mass is 287 g/mol. The Hall–Kier alpha value is -1.66. The average molecular weight is 288 g/mol. The molecule has 0 spiro atoms. The van der Waals surface area contributed by atoms with Crippen LogP contribution < -0.4 is 11.1 Å². The summed E-state index contributed by atoms with van der Waals surface area (Å²) >= 11 is 0. The number of nitrogens with zero attached hydrogens (tertiary/aromatic N) is 1. The summed E-state index contributed by atoms with van der Waals surface area (Å²) in [5.41, 5.74) is 5.94. The summed E-state index contributed by atoms with van der Waals surface area (Å²) in [4.78, 5) is 22.1. The van der Waals surface area contributed by atoms with Gasteiger partial charge in [0.25, 0.3) is 11.6 Å². The van der Waals surface area contributed by atoms with Crippen molar-refractivity contribution in [3.05, 3.63) is 39.4 Å². The molecule has 0 aliphatic rings. The molecular formula is C12H18ClN3O3. The lowest BCUT2D eigenvalue weighted by molar-refractivity contribution is -0.385. The highest BCUT2D eigenvalue weighted by atomic mass is 35.5. The zero-order valence-corrected chi connectivity index (χ0v) is 11.9. The molecule has 3 N–H and O–H groups in total. The molecule has 0 aliphatic heterocycles. The van der Waals surface area contributed by atoms with Gasteiger partial charge in [-0.1, -0.05) is 6.07 Å². The van der Waals surface area contributed by atoms with E-state index < -0.39 is 10.5 Å². The number of rotatable bonds is 4. The Bertz CT molecular complexity index is 484. The van der Waals surface area contributed by atoms with Crippen LogP contribution in [-0.2, 0) is 0 Å². The minimum absolute atomic E-state index is 0. The number of carbonyl (C=O) groups excluding carboxylic acids is 1. The molecule has 1 rings (SSSR count). The number of nitrogens with two attached hydrogens (primary N) is 1. The maximum Gasteiger partial charge on any atom is 0.273 e. The van der Waals surface area contributed by atoms with Crippen molar-refractivity contribution in [3.63, 3.8) is 0 Å². The Morgan fingerprint density at radius 1 is 1.47 bits per heavy atom. The summed E-state index contributed by atoms with van der Waals surface area (Å²) in [5, 5.41) is 13.4. The van der Waals surface area contributed by atoms with Crippen molar-refractivity contribution in [3.8, 4) is 0 Å². The number of hydrogen-bond donors (Lipinski definition) is 2. The molecule has 0 heterocycles. The first kappa shape index (κ1) is 17.3. The molecule has 0 unspecified atom stereocenters. The maximum atomic E-state index is 11.8. The summed E-state index contributed by atoms with van der Waals surface area (Å²) in [6.45, 7) is 5.49. The van der Waals surface area contributed by atoms with Gasteiger partial charge in [-0.3, -0.25) is 14.9 Å². The van der Waals surface area contributed by atoms with Gasteiger partial charge in [-0.25, -0.2) is 0 Å². The van der Waals surface area contributed by atoms with Gasteiger partial charge in [0.2, 0.25) is 0 Å². The molecule has 19 heavy (non-hydrogen) atoms. The number of hydrogen-bond acceptors (Lipinski definition) is 4. The summed E-state index contributed by atoms with van der Waals surface area (Å²) in [6.07, 6.45) is 0. The fourth-order valence-electron chi connectivity index (χ4n) is 1.36. The van der Waals surface area contributed by atoms with Crippen LogP contribution >= 0.6 is 12.4 Å². The van der Waals surface area contributed by atoms with Crippen LogP contribution in [0.4, 0.5) is 5.69 Å². The van der Waals surface area contributed by atoms with E-state index in [0.29, 0.717) is 12.1 Å². The van der Waals surface area contributed by atoms with E-state index in [9.17, 15) is 14.9 Å². The van der Waals surface area contributed by atoms with E-state index in [4.69, 9.17) is 5.73 Å². The van der Waals surface area contributed by atoms with Crippen molar-refractivity contribution >= 4 is 24.0 Å². The van der Waals surface area contributed by atoms with Crippen LogP contribution in [0.15, 0.2) is 18.2 Å². The van der Waals surface area contributed by atoms with Gasteiger partial charge >= 0.3 is 0 Å². The van der Waals surface area contributed by atoms with E-state index in [1.165, 1.54) is 6.07 Å². The Labute approximate surface area is 117 Å². The fraction of sp³-hybridized carbons (Fsp3) is 0.417. The maximum absolute atomic E-state index is 11.8. The van der Waals surface area contributed by atoms with Gasteiger partial charge in [-0.2, -0.15) is 0 Å². The minimum atomic E-state index is -0.522. The van der Waals surface area contributed by atoms with Crippen LogP contribution in [0.2, 0.25) is 0 Å². The van der Waals surface area contributed by atoms with Gasteiger partial charge < -0.3 is 11.1 Å². The van der Waals surface area contributed by atoms with E-state index in [1.54, 1.807) is 32.9 Å². The molecule has 1 amide bonds. The third-order valence-corrected chi connectivity index (χ3v) is 2.37. The molecule has 1 aromatic carbocycles. The molecule has 0 saturated heterocycles. The molecule has 6 nitrogen and oxygen atoms in total. The van der Waals surface area contributed by atoms with Crippen LogP contribution in [0.25, 0.3) is 0 Å². The number of carbonyl (C=O) groups is 1. The molecule has 0 atom stereocenters. The first-order valence-corrected chi connectivity index (χ1v) is 5.53. The van der Waals surface area contributed by atoms with Gasteiger partial charge in [0.05, 0.1) is 4.92 Å². The second-order valence-corrected chi connectivity index (χ2v) is 4.93. The van der Waals surface area contributed by atoms with Gasteiger partial charge in [0, 0.05) is 29.3 Å². The molecule has 0 radical (unpaired) electrons. The summed E-state index contributed by atoms with van der Waals surface area (Å²) < 4.78 is 0. The molecule has 0 saturated carbocycles. The zero-order chi connectivity index (χ0) is 13.9. The number of benzene rings is 1. The molecule has 0 fully saturated rings. The number of amides is 1. The quantitative estimate of drug-likeness (QED) is 0.651. The topological polar surface area (TPSA) is 98.3 Å². The standard InChI is InChI=1S/C12H17N3O3.ClH/c1-8-4-5-9(6-10(8)15(17)18)11(16)14-7-12(2,3)13;/h4-6H,7,13H2,1-3H3,(H,14,16);1H. The second kappa shape index (κ2) is 6.49. The molecule has 0 bridgehead atoms. The highest BCUT2D eigenvalue weighted by molar-refractivity contribution is 5.95. The third kappa shape index (κ3) is 5.23. The Morgan fingerprint density at radius 3 is 2.53 bits per heavy atom. The van der Waals surface area contributed by atoms with Crippen molar-refractivity contribution in [2.24, 2.45) is 5.73 Å². The highest BCUT2D eigenvalue weighted by Crippen LogP contribution is 2.19. The number of aryl methyl sites for hydroxylation is 1. The number of halogens is 1. The predicted octanol–water partition coefficient (Wildman–Crippen LogP) is 1.79. The lowest BCUT2D eigenvalue weighted by Gasteiger charge is -2.18. The first-order valence-electron chi connectivity index (χ1n) is 5.53. The van der Waals surface area contributed by atoms with Crippen LogP contribution in [0.3, 0.4) is 0 Å². The van der Waals surface area contributed by atoms with E-state index in [0.717, 1.165) is 0 Å². The van der Waals surface area contributed by atoms with Crippen LogP contribution in [0.5, 0.6) is 0 Å².